The Bertz CT molecular complexity index is 2580. The number of anilines is 2. The maximum atomic E-state index is 6.33. The Morgan fingerprint density at radius 2 is 1.21 bits per heavy atom. The van der Waals surface area contributed by atoms with Gasteiger partial charge in [-0.3, -0.25) is 18.2 Å². The van der Waals surface area contributed by atoms with E-state index in [0.717, 1.165) is 56.9 Å². The van der Waals surface area contributed by atoms with E-state index in [1.54, 1.807) is 4.68 Å². The van der Waals surface area contributed by atoms with Gasteiger partial charge in [0.05, 0.1) is 5.69 Å². The molecule has 15 heteroatoms. The number of hydrogen-bond donors (Lipinski definition) is 2. The maximum Gasteiger partial charge on any atom is 0.203 e. The highest BCUT2D eigenvalue weighted by Gasteiger charge is 2.23. The molecule has 262 valence electrons. The van der Waals surface area contributed by atoms with Crippen molar-refractivity contribution in [2.75, 3.05) is 24.7 Å². The second-order valence-corrected chi connectivity index (χ2v) is 12.7. The van der Waals surface area contributed by atoms with E-state index >= 15 is 0 Å². The molecule has 0 atom stereocenters. The van der Waals surface area contributed by atoms with E-state index < -0.39 is 0 Å². The number of benzene rings is 2. The molecule has 0 aliphatic rings. The van der Waals surface area contributed by atoms with Gasteiger partial charge < -0.3 is 15.4 Å². The number of para-hydroxylation sites is 1. The number of rotatable bonds is 10. The summed E-state index contributed by atoms with van der Waals surface area (Å²) in [5.41, 5.74) is 9.48. The Morgan fingerprint density at radius 3 is 1.90 bits per heavy atom. The summed E-state index contributed by atoms with van der Waals surface area (Å²) < 4.78 is 14.0. The van der Waals surface area contributed by atoms with Crippen LogP contribution in [0.1, 0.15) is 39.7 Å². The highest BCUT2D eigenvalue weighted by molar-refractivity contribution is 5.72. The molecular formula is C37H38N14O. The molecule has 0 bridgehead atoms. The standard InChI is InChI=1S/C37H38N14O/c1-21-27(31(46-48(21)6)28-19-50-23(3)42-44-36(50)34(38-4)40-28)17-24-13-15-25(16-14-24)18-30-43-45-37-35(39-5)41-29(20-51(30)37)32-33(22(2)49(7)47-32)52-26-11-9-8-10-12-26/h8-16,19-20H,17-18H2,1-7H3,(H,38,40)(H,39,41). The fourth-order valence-electron chi connectivity index (χ4n) is 6.35. The van der Waals surface area contributed by atoms with Gasteiger partial charge in [-0.2, -0.15) is 10.2 Å². The third kappa shape index (κ3) is 5.65. The van der Waals surface area contributed by atoms with Crippen LogP contribution in [0.3, 0.4) is 0 Å². The third-order valence-electron chi connectivity index (χ3n) is 9.45. The van der Waals surface area contributed by atoms with Gasteiger partial charge in [-0.05, 0) is 44.0 Å². The fraction of sp³-hybridized carbons (Fsp3) is 0.243. The van der Waals surface area contributed by atoms with Gasteiger partial charge in [-0.1, -0.05) is 42.5 Å². The van der Waals surface area contributed by atoms with Gasteiger partial charge >= 0.3 is 0 Å². The molecule has 8 aromatic rings. The predicted octanol–water partition coefficient (Wildman–Crippen LogP) is 5.35. The highest BCUT2D eigenvalue weighted by Crippen LogP contribution is 2.36. The molecule has 15 nitrogen and oxygen atoms in total. The Kier molecular flexibility index (Phi) is 8.09. The summed E-state index contributed by atoms with van der Waals surface area (Å²) in [4.78, 5) is 9.73. The molecule has 2 aromatic carbocycles. The van der Waals surface area contributed by atoms with Crippen molar-refractivity contribution < 1.29 is 4.74 Å². The van der Waals surface area contributed by atoms with Crippen molar-refractivity contribution in [3.8, 4) is 34.3 Å². The molecule has 6 heterocycles. The fourth-order valence-corrected chi connectivity index (χ4v) is 6.35. The SMILES string of the molecule is CNc1nc(-c2nn(C)c(C)c2Cc2ccc(Cc3nnc4c(NC)nc(-c5nn(C)c(C)c5Oc5ccccc5)cn34)cc2)cn2c(C)nnc12. The molecule has 6 aromatic heterocycles. The van der Waals surface area contributed by atoms with Crippen LogP contribution in [0.5, 0.6) is 11.5 Å². The van der Waals surface area contributed by atoms with Crippen molar-refractivity contribution in [3.63, 3.8) is 0 Å². The van der Waals surface area contributed by atoms with Crippen LogP contribution in [-0.2, 0) is 26.9 Å². The van der Waals surface area contributed by atoms with Gasteiger partial charge in [0.1, 0.15) is 34.5 Å². The average Bonchev–Trinajstić information content (AvgIpc) is 3.90. The van der Waals surface area contributed by atoms with Crippen molar-refractivity contribution in [1.29, 1.82) is 0 Å². The van der Waals surface area contributed by atoms with Crippen molar-refractivity contribution in [1.82, 2.24) is 58.7 Å². The maximum absolute atomic E-state index is 6.33. The number of fused-ring (bicyclic) bond motifs is 2. The van der Waals surface area contributed by atoms with Crippen LogP contribution in [0.25, 0.3) is 34.1 Å². The zero-order valence-electron chi connectivity index (χ0n) is 30.0. The number of ether oxygens (including phenoxy) is 1. The van der Waals surface area contributed by atoms with Gasteiger partial charge in [0.15, 0.2) is 23.1 Å². The number of aryl methyl sites for hydroxylation is 3. The number of nitrogens with one attached hydrogen (secondary N) is 2. The van der Waals surface area contributed by atoms with E-state index in [-0.39, 0.29) is 0 Å². The molecule has 2 N–H and O–H groups in total. The summed E-state index contributed by atoms with van der Waals surface area (Å²) in [6.07, 6.45) is 5.14. The van der Waals surface area contributed by atoms with Crippen molar-refractivity contribution in [3.05, 3.63) is 107 Å². The molecule has 0 saturated heterocycles. The molecular weight excluding hydrogens is 657 g/mol. The first-order valence-electron chi connectivity index (χ1n) is 16.9. The zero-order valence-corrected chi connectivity index (χ0v) is 30.0. The lowest BCUT2D eigenvalue weighted by molar-refractivity contribution is 0.478. The van der Waals surface area contributed by atoms with E-state index in [4.69, 9.17) is 24.9 Å². The van der Waals surface area contributed by atoms with Crippen LogP contribution in [0.4, 0.5) is 11.6 Å². The summed E-state index contributed by atoms with van der Waals surface area (Å²) in [5, 5.41) is 33.6. The van der Waals surface area contributed by atoms with Crippen molar-refractivity contribution in [2.45, 2.75) is 33.6 Å². The number of aromatic nitrogens is 12. The van der Waals surface area contributed by atoms with Gasteiger partial charge in [-0.15, -0.1) is 20.4 Å². The van der Waals surface area contributed by atoms with Crippen LogP contribution in [0.2, 0.25) is 0 Å². The average molecular weight is 695 g/mol. The largest absolute Gasteiger partial charge is 0.453 e. The van der Waals surface area contributed by atoms with Gasteiger partial charge in [0.25, 0.3) is 0 Å². The van der Waals surface area contributed by atoms with Crippen LogP contribution >= 0.6 is 0 Å². The van der Waals surface area contributed by atoms with Gasteiger partial charge in [0, 0.05) is 64.7 Å². The van der Waals surface area contributed by atoms with E-state index in [2.05, 4.69) is 62.2 Å². The molecule has 0 saturated carbocycles. The first-order valence-corrected chi connectivity index (χ1v) is 16.9. The van der Waals surface area contributed by atoms with Crippen LogP contribution < -0.4 is 15.4 Å². The highest BCUT2D eigenvalue weighted by atomic mass is 16.5. The molecule has 0 unspecified atom stereocenters. The van der Waals surface area contributed by atoms with E-state index in [9.17, 15) is 0 Å². The second kappa shape index (κ2) is 12.9. The molecule has 0 spiro atoms. The zero-order chi connectivity index (χ0) is 36.1. The Morgan fingerprint density at radius 1 is 0.635 bits per heavy atom. The minimum absolute atomic E-state index is 0.564. The third-order valence-corrected chi connectivity index (χ3v) is 9.45. The topological polar surface area (TPSA) is 155 Å². The summed E-state index contributed by atoms with van der Waals surface area (Å²) in [7, 11) is 7.51. The Balaban J connectivity index is 1.09. The molecule has 0 aliphatic carbocycles. The van der Waals surface area contributed by atoms with E-state index in [1.165, 1.54) is 0 Å². The quantitative estimate of drug-likeness (QED) is 0.191. The second-order valence-electron chi connectivity index (χ2n) is 12.7. The van der Waals surface area contributed by atoms with Crippen molar-refractivity contribution >= 4 is 22.9 Å². The molecule has 0 radical (unpaired) electrons. The Labute approximate surface area is 299 Å². The lowest BCUT2D eigenvalue weighted by Crippen LogP contribution is -2.03. The summed E-state index contributed by atoms with van der Waals surface area (Å²) in [6.45, 7) is 5.99. The minimum Gasteiger partial charge on any atom is -0.453 e. The smallest absolute Gasteiger partial charge is 0.203 e. The lowest BCUT2D eigenvalue weighted by Gasteiger charge is -2.10. The normalized spacial score (nSPS) is 11.5. The molecule has 8 rings (SSSR count). The monoisotopic (exact) mass is 694 g/mol. The van der Waals surface area contributed by atoms with E-state index in [1.807, 2.05) is 98.2 Å². The van der Waals surface area contributed by atoms with Crippen LogP contribution in [0.15, 0.2) is 67.0 Å². The molecule has 0 fully saturated rings. The van der Waals surface area contributed by atoms with Gasteiger partial charge in [0.2, 0.25) is 11.3 Å². The summed E-state index contributed by atoms with van der Waals surface area (Å²) >= 11 is 0. The molecule has 52 heavy (non-hydrogen) atoms. The first kappa shape index (κ1) is 32.6. The molecule has 0 aliphatic heterocycles. The van der Waals surface area contributed by atoms with Gasteiger partial charge in [-0.25, -0.2) is 9.97 Å². The van der Waals surface area contributed by atoms with Crippen LogP contribution in [0, 0.1) is 20.8 Å². The van der Waals surface area contributed by atoms with Crippen LogP contribution in [-0.4, -0.2) is 72.8 Å². The summed E-state index contributed by atoms with van der Waals surface area (Å²) in [5.74, 6) is 4.17. The predicted molar refractivity (Wildman–Crippen MR) is 198 cm³/mol. The lowest BCUT2D eigenvalue weighted by atomic mass is 10.00. The van der Waals surface area contributed by atoms with E-state index in [0.29, 0.717) is 52.9 Å². The minimum atomic E-state index is 0.564. The molecule has 0 amide bonds. The summed E-state index contributed by atoms with van der Waals surface area (Å²) in [6, 6.07) is 18.3. The Hall–Kier alpha value is -6.64. The first-order chi connectivity index (χ1) is 25.2. The van der Waals surface area contributed by atoms with Crippen molar-refractivity contribution in [2.24, 2.45) is 14.1 Å². The number of nitrogens with zero attached hydrogens (tertiary/aromatic N) is 12. The number of hydrogen-bond acceptors (Lipinski definition) is 11.